The molecule has 126 valence electrons. The van der Waals surface area contributed by atoms with E-state index in [-0.39, 0.29) is 28.8 Å². The van der Waals surface area contributed by atoms with E-state index in [0.717, 1.165) is 0 Å². The first-order valence-corrected chi connectivity index (χ1v) is 7.42. The smallest absolute Gasteiger partial charge is 0.439 e. The van der Waals surface area contributed by atoms with Crippen molar-refractivity contribution < 1.29 is 27.5 Å². The third-order valence-corrected chi connectivity index (χ3v) is 4.53. The lowest BCUT2D eigenvalue weighted by Gasteiger charge is -2.39. The van der Waals surface area contributed by atoms with E-state index < -0.39 is 23.7 Å². The molecule has 0 spiro atoms. The summed E-state index contributed by atoms with van der Waals surface area (Å²) in [5.41, 5.74) is -3.10. The van der Waals surface area contributed by atoms with Crippen molar-refractivity contribution in [2.75, 3.05) is 0 Å². The number of nitrogens with zero attached hydrogens (tertiary/aromatic N) is 2. The second kappa shape index (κ2) is 5.09. The lowest BCUT2D eigenvalue weighted by Crippen LogP contribution is -2.61. The topological polar surface area (TPSA) is 66.0 Å². The van der Waals surface area contributed by atoms with Crippen molar-refractivity contribution in [2.45, 2.75) is 45.0 Å². The van der Waals surface area contributed by atoms with Crippen LogP contribution in [-0.4, -0.2) is 33.6 Å². The van der Waals surface area contributed by atoms with E-state index in [1.165, 1.54) is 12.1 Å². The Morgan fingerprint density at radius 3 is 2.74 bits per heavy atom. The van der Waals surface area contributed by atoms with Gasteiger partial charge in [-0.15, -0.1) is 0 Å². The molecule has 5 nitrogen and oxygen atoms in total. The SMILES string of the molecule is Cc1ccc(C(=O)N2N=C3CC[C@H](C)C[C@@H]3[C@@]2(O)C(F)(F)F)o1. The summed E-state index contributed by atoms with van der Waals surface area (Å²) in [5, 5.41) is 14.4. The Balaban J connectivity index is 2.03. The number of fused-ring (bicyclic) bond motifs is 1. The number of amides is 1. The Kier molecular flexibility index (Phi) is 3.55. The van der Waals surface area contributed by atoms with Crippen LogP contribution >= 0.6 is 0 Å². The molecule has 1 saturated carbocycles. The average Bonchev–Trinajstić information content (AvgIpc) is 3.01. The van der Waals surface area contributed by atoms with E-state index in [0.29, 0.717) is 18.6 Å². The summed E-state index contributed by atoms with van der Waals surface area (Å²) in [5.74, 6) is -2.18. The van der Waals surface area contributed by atoms with Crippen LogP contribution in [0, 0.1) is 18.8 Å². The molecule has 0 radical (unpaired) electrons. The molecule has 0 unspecified atom stereocenters. The first kappa shape index (κ1) is 16.0. The van der Waals surface area contributed by atoms with Crippen LogP contribution in [0.15, 0.2) is 21.7 Å². The number of hydrazone groups is 1. The summed E-state index contributed by atoms with van der Waals surface area (Å²) >= 11 is 0. The zero-order valence-corrected chi connectivity index (χ0v) is 12.7. The maximum absolute atomic E-state index is 13.6. The van der Waals surface area contributed by atoms with Crippen LogP contribution in [0.3, 0.4) is 0 Å². The van der Waals surface area contributed by atoms with Gasteiger partial charge in [0, 0.05) is 5.71 Å². The fraction of sp³-hybridized carbons (Fsp3) is 0.600. The highest BCUT2D eigenvalue weighted by Crippen LogP contribution is 2.49. The normalized spacial score (nSPS) is 31.0. The Labute approximate surface area is 130 Å². The number of halogens is 3. The van der Waals surface area contributed by atoms with Crippen molar-refractivity contribution in [3.8, 4) is 0 Å². The maximum Gasteiger partial charge on any atom is 0.439 e. The monoisotopic (exact) mass is 330 g/mol. The van der Waals surface area contributed by atoms with Crippen molar-refractivity contribution in [2.24, 2.45) is 16.9 Å². The molecule has 1 aliphatic heterocycles. The minimum absolute atomic E-state index is 0.0220. The van der Waals surface area contributed by atoms with Gasteiger partial charge in [-0.05, 0) is 44.2 Å². The van der Waals surface area contributed by atoms with Crippen molar-refractivity contribution in [3.63, 3.8) is 0 Å². The average molecular weight is 330 g/mol. The predicted octanol–water partition coefficient (Wildman–Crippen LogP) is 3.09. The number of hydrogen-bond acceptors (Lipinski definition) is 4. The standard InChI is InChI=1S/C15H17F3N2O3/c1-8-3-5-11-10(7-8)14(22,15(16,17)18)20(19-11)13(21)12-6-4-9(2)23-12/h4,6,8,10,22H,3,5,7H2,1-2H3/t8-,10-,14+/m0/s1. The molecule has 1 N–H and O–H groups in total. The van der Waals surface area contributed by atoms with E-state index >= 15 is 0 Å². The molecule has 8 heteroatoms. The largest absolute Gasteiger partial charge is 0.456 e. The molecule has 1 aromatic rings. The van der Waals surface area contributed by atoms with E-state index in [4.69, 9.17) is 4.42 Å². The molecule has 0 saturated heterocycles. The van der Waals surface area contributed by atoms with Crippen molar-refractivity contribution in [1.29, 1.82) is 0 Å². The molecule has 0 aromatic carbocycles. The fourth-order valence-electron chi connectivity index (χ4n) is 3.27. The number of furan rings is 1. The minimum Gasteiger partial charge on any atom is -0.456 e. The summed E-state index contributed by atoms with van der Waals surface area (Å²) < 4.78 is 46.0. The Bertz CT molecular complexity index is 667. The van der Waals surface area contributed by atoms with Crippen LogP contribution in [0.5, 0.6) is 0 Å². The lowest BCUT2D eigenvalue weighted by atomic mass is 9.76. The summed E-state index contributed by atoms with van der Waals surface area (Å²) in [6, 6.07) is 2.75. The summed E-state index contributed by atoms with van der Waals surface area (Å²) in [4.78, 5) is 12.4. The number of aryl methyl sites for hydroxylation is 1. The van der Waals surface area contributed by atoms with Gasteiger partial charge in [-0.2, -0.15) is 23.3 Å². The predicted molar refractivity (Wildman–Crippen MR) is 74.6 cm³/mol. The van der Waals surface area contributed by atoms with Gasteiger partial charge in [0.2, 0.25) is 0 Å². The quantitative estimate of drug-likeness (QED) is 0.860. The van der Waals surface area contributed by atoms with Gasteiger partial charge in [0.05, 0.1) is 5.92 Å². The number of carbonyl (C=O) groups excluding carboxylic acids is 1. The molecule has 1 amide bonds. The van der Waals surface area contributed by atoms with E-state index in [9.17, 15) is 23.1 Å². The van der Waals surface area contributed by atoms with Crippen LogP contribution < -0.4 is 0 Å². The van der Waals surface area contributed by atoms with Gasteiger partial charge in [0.1, 0.15) is 5.76 Å². The number of hydrogen-bond donors (Lipinski definition) is 1. The second-order valence-electron chi connectivity index (χ2n) is 6.27. The second-order valence-corrected chi connectivity index (χ2v) is 6.27. The molecular weight excluding hydrogens is 313 g/mol. The molecule has 3 rings (SSSR count). The Morgan fingerprint density at radius 1 is 1.48 bits per heavy atom. The molecule has 2 heterocycles. The van der Waals surface area contributed by atoms with Crippen molar-refractivity contribution in [3.05, 3.63) is 23.7 Å². The highest BCUT2D eigenvalue weighted by Gasteiger charge is 2.69. The first-order valence-electron chi connectivity index (χ1n) is 7.42. The molecular formula is C15H17F3N2O3. The van der Waals surface area contributed by atoms with Crippen LogP contribution in [-0.2, 0) is 0 Å². The van der Waals surface area contributed by atoms with Gasteiger partial charge in [-0.1, -0.05) is 6.92 Å². The van der Waals surface area contributed by atoms with Gasteiger partial charge in [0.15, 0.2) is 5.76 Å². The number of carbonyl (C=O) groups is 1. The summed E-state index contributed by atoms with van der Waals surface area (Å²) in [6.45, 7) is 3.40. The first-order chi connectivity index (χ1) is 10.6. The Morgan fingerprint density at radius 2 is 2.17 bits per heavy atom. The summed E-state index contributed by atoms with van der Waals surface area (Å²) in [6.07, 6.45) is -3.86. The van der Waals surface area contributed by atoms with Gasteiger partial charge in [0.25, 0.3) is 5.72 Å². The minimum atomic E-state index is -5.02. The van der Waals surface area contributed by atoms with Gasteiger partial charge < -0.3 is 9.52 Å². The van der Waals surface area contributed by atoms with Crippen molar-refractivity contribution in [1.82, 2.24) is 5.01 Å². The molecule has 3 atom stereocenters. The third kappa shape index (κ3) is 2.36. The van der Waals surface area contributed by atoms with Gasteiger partial charge in [-0.3, -0.25) is 4.79 Å². The maximum atomic E-state index is 13.6. The number of aliphatic hydroxyl groups is 1. The molecule has 1 aliphatic carbocycles. The highest BCUT2D eigenvalue weighted by atomic mass is 19.4. The van der Waals surface area contributed by atoms with Gasteiger partial charge in [-0.25, -0.2) is 0 Å². The van der Waals surface area contributed by atoms with Gasteiger partial charge >= 0.3 is 12.1 Å². The lowest BCUT2D eigenvalue weighted by molar-refractivity contribution is -0.313. The number of rotatable bonds is 1. The molecule has 23 heavy (non-hydrogen) atoms. The third-order valence-electron chi connectivity index (χ3n) is 4.53. The van der Waals surface area contributed by atoms with E-state index in [1.54, 1.807) is 6.92 Å². The van der Waals surface area contributed by atoms with E-state index in [2.05, 4.69) is 5.10 Å². The summed E-state index contributed by atoms with van der Waals surface area (Å²) in [7, 11) is 0. The van der Waals surface area contributed by atoms with E-state index in [1.807, 2.05) is 6.92 Å². The number of alkyl halides is 3. The fourth-order valence-corrected chi connectivity index (χ4v) is 3.27. The van der Waals surface area contributed by atoms with Crippen molar-refractivity contribution >= 4 is 11.6 Å². The zero-order valence-electron chi connectivity index (χ0n) is 12.7. The zero-order chi connectivity index (χ0) is 17.0. The molecule has 2 aliphatic rings. The van der Waals surface area contributed by atoms with Crippen LogP contribution in [0.4, 0.5) is 13.2 Å². The van der Waals surface area contributed by atoms with Crippen LogP contribution in [0.2, 0.25) is 0 Å². The molecule has 1 fully saturated rings. The molecule has 0 bridgehead atoms. The molecule has 1 aromatic heterocycles. The Hall–Kier alpha value is -1.83. The van der Waals surface area contributed by atoms with Crippen LogP contribution in [0.25, 0.3) is 0 Å². The highest BCUT2D eigenvalue weighted by molar-refractivity contribution is 5.98. The van der Waals surface area contributed by atoms with Crippen LogP contribution in [0.1, 0.15) is 42.5 Å².